The number of halogens is 1. The van der Waals surface area contributed by atoms with Crippen LogP contribution >= 0.6 is 0 Å². The van der Waals surface area contributed by atoms with Gasteiger partial charge in [-0.05, 0) is 65.7 Å². The Bertz CT molecular complexity index is 1940. The summed E-state index contributed by atoms with van der Waals surface area (Å²) in [5, 5.41) is 12.1. The van der Waals surface area contributed by atoms with E-state index in [0.29, 0.717) is 12.2 Å². The van der Waals surface area contributed by atoms with Gasteiger partial charge in [0.15, 0.2) is 0 Å². The number of benzene rings is 2. The molecule has 0 atom stereocenters. The van der Waals surface area contributed by atoms with Gasteiger partial charge in [0, 0.05) is 53.7 Å². The average molecular weight is 526 g/mol. The van der Waals surface area contributed by atoms with Gasteiger partial charge in [0.1, 0.15) is 17.0 Å². The van der Waals surface area contributed by atoms with Gasteiger partial charge in [-0.2, -0.15) is 5.10 Å². The highest BCUT2D eigenvalue weighted by atomic mass is 19.1. The van der Waals surface area contributed by atoms with Crippen LogP contribution in [0.25, 0.3) is 55.8 Å². The Hall–Kier alpha value is -5.21. The summed E-state index contributed by atoms with van der Waals surface area (Å²) in [5.74, 6) is -0.278. The summed E-state index contributed by atoms with van der Waals surface area (Å²) in [4.78, 5) is 17.5. The minimum absolute atomic E-state index is 0.278. The topological polar surface area (TPSA) is 95.2 Å². The molecule has 3 N–H and O–H groups in total. The summed E-state index contributed by atoms with van der Waals surface area (Å²) in [6, 6.07) is 26.7. The van der Waals surface area contributed by atoms with Gasteiger partial charge in [-0.1, -0.05) is 30.3 Å². The van der Waals surface area contributed by atoms with E-state index in [1.165, 1.54) is 17.7 Å². The molecule has 0 aliphatic rings. The van der Waals surface area contributed by atoms with E-state index in [1.54, 1.807) is 18.3 Å². The molecule has 194 valence electrons. The number of rotatable bonds is 7. The molecule has 8 heteroatoms. The molecule has 7 nitrogen and oxygen atoms in total. The van der Waals surface area contributed by atoms with Gasteiger partial charge >= 0.3 is 0 Å². The molecule has 0 amide bonds. The molecule has 7 rings (SSSR count). The second-order valence-corrected chi connectivity index (χ2v) is 9.65. The molecule has 0 fully saturated rings. The predicted octanol–water partition coefficient (Wildman–Crippen LogP) is 6.66. The Morgan fingerprint density at radius 2 is 1.60 bits per heavy atom. The highest BCUT2D eigenvalue weighted by molar-refractivity contribution is 5.99. The van der Waals surface area contributed by atoms with E-state index in [2.05, 4.69) is 48.7 Å². The third kappa shape index (κ3) is 4.61. The summed E-state index contributed by atoms with van der Waals surface area (Å²) in [7, 11) is 0. The van der Waals surface area contributed by atoms with E-state index in [9.17, 15) is 4.39 Å². The molecule has 40 heavy (non-hydrogen) atoms. The Balaban J connectivity index is 1.20. The Morgan fingerprint density at radius 1 is 0.750 bits per heavy atom. The lowest BCUT2D eigenvalue weighted by Gasteiger charge is -2.07. The van der Waals surface area contributed by atoms with Crippen molar-refractivity contribution in [2.24, 2.45) is 0 Å². The molecule has 0 saturated carbocycles. The third-order valence-corrected chi connectivity index (χ3v) is 6.92. The number of pyridine rings is 3. The summed E-state index contributed by atoms with van der Waals surface area (Å²) in [5.41, 5.74) is 9.74. The minimum atomic E-state index is -0.278. The number of aromatic nitrogens is 6. The highest BCUT2D eigenvalue weighted by Gasteiger charge is 2.16. The van der Waals surface area contributed by atoms with Crippen molar-refractivity contribution in [3.05, 3.63) is 120 Å². The molecular weight excluding hydrogens is 501 g/mol. The number of hydrogen-bond donors (Lipinski definition) is 3. The fraction of sp³-hybridized carbons (Fsp3) is 0.0625. The summed E-state index contributed by atoms with van der Waals surface area (Å²) < 4.78 is 13.5. The zero-order valence-electron chi connectivity index (χ0n) is 21.4. The molecule has 5 aromatic heterocycles. The highest BCUT2D eigenvalue weighted by Crippen LogP contribution is 2.33. The Morgan fingerprint density at radius 3 is 2.48 bits per heavy atom. The van der Waals surface area contributed by atoms with Crippen molar-refractivity contribution < 1.29 is 4.39 Å². The van der Waals surface area contributed by atoms with Gasteiger partial charge in [-0.15, -0.1) is 0 Å². The molecule has 0 spiro atoms. The van der Waals surface area contributed by atoms with Crippen LogP contribution in [0.5, 0.6) is 0 Å². The minimum Gasteiger partial charge on any atom is -0.353 e. The number of fused-ring (bicyclic) bond motifs is 2. The SMILES string of the molecule is Fc1ccc(-c2nccc3[nH]c(-c4n[nH]c5ccc(-c6cncc(CNCc7ccccc7)c6)nc45)cc23)cc1. The predicted molar refractivity (Wildman–Crippen MR) is 155 cm³/mol. The van der Waals surface area contributed by atoms with Gasteiger partial charge in [0.05, 0.1) is 22.6 Å². The quantitative estimate of drug-likeness (QED) is 0.216. The van der Waals surface area contributed by atoms with Crippen LogP contribution in [-0.4, -0.2) is 30.1 Å². The maximum absolute atomic E-state index is 13.5. The normalized spacial score (nSPS) is 11.4. The lowest BCUT2D eigenvalue weighted by molar-refractivity contribution is 0.628. The van der Waals surface area contributed by atoms with Gasteiger partial charge in [-0.25, -0.2) is 9.37 Å². The molecule has 2 aromatic carbocycles. The monoisotopic (exact) mass is 525 g/mol. The Labute approximate surface area is 229 Å². The molecule has 0 unspecified atom stereocenters. The Kier molecular flexibility index (Phi) is 6.07. The van der Waals surface area contributed by atoms with Crippen LogP contribution in [0, 0.1) is 5.82 Å². The summed E-state index contributed by atoms with van der Waals surface area (Å²) in [6.45, 7) is 1.49. The number of H-pyrrole nitrogens is 2. The van der Waals surface area contributed by atoms with E-state index in [-0.39, 0.29) is 5.82 Å². The molecule has 0 bridgehead atoms. The average Bonchev–Trinajstić information content (AvgIpc) is 3.62. The first-order valence-electron chi connectivity index (χ1n) is 13.0. The second kappa shape index (κ2) is 10.2. The first-order chi connectivity index (χ1) is 19.7. The van der Waals surface area contributed by atoms with Crippen molar-refractivity contribution >= 4 is 21.9 Å². The van der Waals surface area contributed by atoms with Crippen LogP contribution < -0.4 is 5.32 Å². The number of nitrogens with zero attached hydrogens (tertiary/aromatic N) is 4. The first-order valence-corrected chi connectivity index (χ1v) is 13.0. The van der Waals surface area contributed by atoms with Crippen LogP contribution in [0.4, 0.5) is 4.39 Å². The second-order valence-electron chi connectivity index (χ2n) is 9.65. The maximum atomic E-state index is 13.5. The van der Waals surface area contributed by atoms with Crippen molar-refractivity contribution in [1.82, 2.24) is 35.5 Å². The maximum Gasteiger partial charge on any atom is 0.135 e. The molecule has 0 radical (unpaired) electrons. The van der Waals surface area contributed by atoms with Crippen LogP contribution in [-0.2, 0) is 13.1 Å². The molecule has 7 aromatic rings. The van der Waals surface area contributed by atoms with E-state index in [1.807, 2.05) is 54.9 Å². The van der Waals surface area contributed by atoms with Gasteiger partial charge < -0.3 is 10.3 Å². The van der Waals surface area contributed by atoms with Crippen LogP contribution in [0.2, 0.25) is 0 Å². The lowest BCUT2D eigenvalue weighted by Crippen LogP contribution is -2.12. The van der Waals surface area contributed by atoms with Crippen LogP contribution in [0.3, 0.4) is 0 Å². The molecule has 0 aliphatic heterocycles. The largest absolute Gasteiger partial charge is 0.353 e. The lowest BCUT2D eigenvalue weighted by atomic mass is 10.1. The molecule has 5 heterocycles. The smallest absolute Gasteiger partial charge is 0.135 e. The van der Waals surface area contributed by atoms with Gasteiger partial charge in [0.25, 0.3) is 0 Å². The van der Waals surface area contributed by atoms with E-state index in [0.717, 1.165) is 62.3 Å². The zero-order chi connectivity index (χ0) is 26.9. The van der Waals surface area contributed by atoms with Crippen molar-refractivity contribution in [3.63, 3.8) is 0 Å². The van der Waals surface area contributed by atoms with E-state index in [4.69, 9.17) is 4.98 Å². The van der Waals surface area contributed by atoms with Crippen molar-refractivity contribution in [2.75, 3.05) is 0 Å². The summed E-state index contributed by atoms with van der Waals surface area (Å²) in [6.07, 6.45) is 5.45. The molecular formula is C32H24FN7. The van der Waals surface area contributed by atoms with Crippen LogP contribution in [0.1, 0.15) is 11.1 Å². The van der Waals surface area contributed by atoms with Crippen molar-refractivity contribution in [2.45, 2.75) is 13.1 Å². The zero-order valence-corrected chi connectivity index (χ0v) is 21.4. The first kappa shape index (κ1) is 23.9. The third-order valence-electron chi connectivity index (χ3n) is 6.92. The summed E-state index contributed by atoms with van der Waals surface area (Å²) >= 11 is 0. The fourth-order valence-corrected chi connectivity index (χ4v) is 4.94. The fourth-order valence-electron chi connectivity index (χ4n) is 4.94. The number of aromatic amines is 2. The number of hydrogen-bond acceptors (Lipinski definition) is 5. The van der Waals surface area contributed by atoms with Crippen molar-refractivity contribution in [3.8, 4) is 33.9 Å². The van der Waals surface area contributed by atoms with Crippen molar-refractivity contribution in [1.29, 1.82) is 0 Å². The molecule has 0 saturated heterocycles. The van der Waals surface area contributed by atoms with E-state index < -0.39 is 0 Å². The van der Waals surface area contributed by atoms with Crippen LogP contribution in [0.15, 0.2) is 104 Å². The number of nitrogens with one attached hydrogen (secondary N) is 3. The standard InChI is InChI=1S/C32H24FN7/c33-24-8-6-22(7-9-24)30-25-15-29(37-27(25)12-13-36-30)32-31-28(39-40-32)11-10-26(38-31)23-14-21(18-35-19-23)17-34-16-20-4-2-1-3-5-20/h1-15,18-19,34,37H,16-17H2,(H,39,40). The van der Waals surface area contributed by atoms with Gasteiger partial charge in [0.2, 0.25) is 0 Å². The van der Waals surface area contributed by atoms with Gasteiger partial charge in [-0.3, -0.25) is 15.1 Å². The molecule has 0 aliphatic carbocycles. The van der Waals surface area contributed by atoms with E-state index >= 15 is 0 Å².